The molecule has 0 saturated heterocycles. The maximum absolute atomic E-state index is 14.4. The van der Waals surface area contributed by atoms with Crippen LogP contribution in [0, 0.1) is 11.3 Å². The Kier molecular flexibility index (Phi) is 6.61. The smallest absolute Gasteiger partial charge is 0.426 e. The Bertz CT molecular complexity index is 956. The molecule has 3 rings (SSSR count). The van der Waals surface area contributed by atoms with Crippen molar-refractivity contribution in [3.63, 3.8) is 0 Å². The van der Waals surface area contributed by atoms with Crippen LogP contribution in [0.3, 0.4) is 0 Å². The minimum Gasteiger partial charge on any atom is -0.429 e. The van der Waals surface area contributed by atoms with Gasteiger partial charge in [-0.2, -0.15) is 14.0 Å². The van der Waals surface area contributed by atoms with E-state index in [0.29, 0.717) is 5.56 Å². The summed E-state index contributed by atoms with van der Waals surface area (Å²) in [5.74, 6) is 0.134. The third-order valence-electron chi connectivity index (χ3n) is 4.78. The van der Waals surface area contributed by atoms with Crippen molar-refractivity contribution in [3.8, 4) is 11.8 Å². The third-order valence-corrected chi connectivity index (χ3v) is 4.78. The maximum Gasteiger partial charge on any atom is 0.426 e. The quantitative estimate of drug-likeness (QED) is 0.444. The van der Waals surface area contributed by atoms with E-state index in [0.717, 1.165) is 42.4 Å². The van der Waals surface area contributed by atoms with Gasteiger partial charge >= 0.3 is 6.11 Å². The molecule has 0 radical (unpaired) electrons. The number of benzene rings is 3. The summed E-state index contributed by atoms with van der Waals surface area (Å²) in [7, 11) is 0. The first-order valence-electron chi connectivity index (χ1n) is 9.74. The zero-order valence-corrected chi connectivity index (χ0v) is 16.4. The largest absolute Gasteiger partial charge is 0.429 e. The van der Waals surface area contributed by atoms with Crippen molar-refractivity contribution in [2.75, 3.05) is 0 Å². The Labute approximate surface area is 170 Å². The molecule has 0 N–H and O–H groups in total. The number of nitrogens with zero attached hydrogens (tertiary/aromatic N) is 1. The molecule has 0 aromatic heterocycles. The second-order valence-electron chi connectivity index (χ2n) is 7.02. The van der Waals surface area contributed by atoms with Gasteiger partial charge in [-0.25, -0.2) is 0 Å². The van der Waals surface area contributed by atoms with Crippen LogP contribution in [0.15, 0.2) is 72.8 Å². The van der Waals surface area contributed by atoms with Crippen LogP contribution in [-0.2, 0) is 25.4 Å². The molecule has 0 amide bonds. The van der Waals surface area contributed by atoms with Crippen LogP contribution >= 0.6 is 0 Å². The monoisotopic (exact) mass is 391 g/mol. The van der Waals surface area contributed by atoms with Crippen molar-refractivity contribution in [2.45, 2.75) is 38.7 Å². The fourth-order valence-corrected chi connectivity index (χ4v) is 3.12. The molecule has 4 heteroatoms. The van der Waals surface area contributed by atoms with E-state index in [9.17, 15) is 8.78 Å². The van der Waals surface area contributed by atoms with Gasteiger partial charge in [-0.15, -0.1) is 0 Å². The number of rotatable bonds is 8. The standard InChI is InChI=1S/C25H23F2NO/c1-2-3-19-10-14-23(15-11-19)25(26,27)29-24-16-12-21(13-17-24)5-4-20-6-8-22(18-28)9-7-20/h6-17H,2-5H2,1H3. The van der Waals surface area contributed by atoms with Gasteiger partial charge in [0.15, 0.2) is 0 Å². The fourth-order valence-electron chi connectivity index (χ4n) is 3.12. The van der Waals surface area contributed by atoms with E-state index in [4.69, 9.17) is 10.00 Å². The van der Waals surface area contributed by atoms with Crippen molar-refractivity contribution in [2.24, 2.45) is 0 Å². The number of nitriles is 1. The number of ether oxygens (including phenoxy) is 1. The zero-order chi connectivity index (χ0) is 20.7. The van der Waals surface area contributed by atoms with Gasteiger partial charge in [0.25, 0.3) is 0 Å². The Morgan fingerprint density at radius 3 is 1.76 bits per heavy atom. The highest BCUT2D eigenvalue weighted by Gasteiger charge is 2.34. The molecule has 0 aliphatic heterocycles. The second kappa shape index (κ2) is 9.34. The van der Waals surface area contributed by atoms with Crippen molar-refractivity contribution < 1.29 is 13.5 Å². The first kappa shape index (κ1) is 20.5. The van der Waals surface area contributed by atoms with Crippen molar-refractivity contribution in [1.29, 1.82) is 5.26 Å². The summed E-state index contributed by atoms with van der Waals surface area (Å²) in [6.45, 7) is 2.06. The Balaban J connectivity index is 1.59. The highest BCUT2D eigenvalue weighted by atomic mass is 19.3. The average molecular weight is 391 g/mol. The molecule has 0 spiro atoms. The topological polar surface area (TPSA) is 33.0 Å². The van der Waals surface area contributed by atoms with Crippen LogP contribution in [0.25, 0.3) is 0 Å². The number of hydrogen-bond donors (Lipinski definition) is 0. The van der Waals surface area contributed by atoms with E-state index in [2.05, 4.69) is 13.0 Å². The van der Waals surface area contributed by atoms with Gasteiger partial charge in [-0.1, -0.05) is 49.7 Å². The van der Waals surface area contributed by atoms with Gasteiger partial charge in [0.1, 0.15) is 5.75 Å². The first-order valence-corrected chi connectivity index (χ1v) is 9.74. The predicted molar refractivity (Wildman–Crippen MR) is 110 cm³/mol. The molecule has 0 aliphatic carbocycles. The summed E-state index contributed by atoms with van der Waals surface area (Å²) >= 11 is 0. The van der Waals surface area contributed by atoms with Crippen LogP contribution in [0.1, 0.15) is 41.2 Å². The van der Waals surface area contributed by atoms with Crippen LogP contribution in [-0.4, -0.2) is 0 Å². The molecule has 148 valence electrons. The van der Waals surface area contributed by atoms with Crippen LogP contribution in [0.4, 0.5) is 8.78 Å². The summed E-state index contributed by atoms with van der Waals surface area (Å²) in [4.78, 5) is 0. The van der Waals surface area contributed by atoms with E-state index < -0.39 is 6.11 Å². The van der Waals surface area contributed by atoms with Gasteiger partial charge in [-0.05, 0) is 72.4 Å². The normalized spacial score (nSPS) is 11.1. The van der Waals surface area contributed by atoms with E-state index in [-0.39, 0.29) is 11.3 Å². The van der Waals surface area contributed by atoms with Gasteiger partial charge in [-0.3, -0.25) is 0 Å². The Morgan fingerprint density at radius 2 is 1.24 bits per heavy atom. The lowest BCUT2D eigenvalue weighted by atomic mass is 10.0. The van der Waals surface area contributed by atoms with Gasteiger partial charge < -0.3 is 4.74 Å². The summed E-state index contributed by atoms with van der Waals surface area (Å²) in [6, 6.07) is 22.6. The molecular weight excluding hydrogens is 368 g/mol. The lowest BCUT2D eigenvalue weighted by molar-refractivity contribution is -0.185. The van der Waals surface area contributed by atoms with Crippen LogP contribution < -0.4 is 4.74 Å². The molecule has 0 fully saturated rings. The van der Waals surface area contributed by atoms with Crippen molar-refractivity contribution in [1.82, 2.24) is 0 Å². The summed E-state index contributed by atoms with van der Waals surface area (Å²) in [5, 5.41) is 8.83. The number of aryl methyl sites for hydroxylation is 3. The van der Waals surface area contributed by atoms with Crippen molar-refractivity contribution >= 4 is 0 Å². The van der Waals surface area contributed by atoms with Crippen LogP contribution in [0.2, 0.25) is 0 Å². The first-order chi connectivity index (χ1) is 14.0. The molecule has 0 saturated carbocycles. The number of halogens is 2. The predicted octanol–water partition coefficient (Wildman–Crippen LogP) is 6.42. The highest BCUT2D eigenvalue weighted by molar-refractivity contribution is 5.33. The number of hydrogen-bond acceptors (Lipinski definition) is 2. The molecule has 29 heavy (non-hydrogen) atoms. The SMILES string of the molecule is CCCc1ccc(C(F)(F)Oc2ccc(CCc3ccc(C#N)cc3)cc2)cc1. The third kappa shape index (κ3) is 5.65. The highest BCUT2D eigenvalue weighted by Crippen LogP contribution is 2.32. The van der Waals surface area contributed by atoms with Gasteiger partial charge in [0, 0.05) is 0 Å². The maximum atomic E-state index is 14.4. The minimum atomic E-state index is -3.38. The number of alkyl halides is 2. The molecule has 3 aromatic rings. The van der Waals surface area contributed by atoms with Crippen LogP contribution in [0.5, 0.6) is 5.75 Å². The molecule has 0 atom stereocenters. The zero-order valence-electron chi connectivity index (χ0n) is 16.4. The molecule has 2 nitrogen and oxygen atoms in total. The van der Waals surface area contributed by atoms with E-state index in [1.807, 2.05) is 12.1 Å². The summed E-state index contributed by atoms with van der Waals surface area (Å²) in [6.07, 6.45) is 0.0583. The van der Waals surface area contributed by atoms with Gasteiger partial charge in [0.05, 0.1) is 17.2 Å². The molecule has 3 aromatic carbocycles. The Morgan fingerprint density at radius 1 is 0.759 bits per heavy atom. The fraction of sp³-hybridized carbons (Fsp3) is 0.240. The molecular formula is C25H23F2NO. The molecule has 0 aliphatic rings. The lowest BCUT2D eigenvalue weighted by Crippen LogP contribution is -2.21. The second-order valence-corrected chi connectivity index (χ2v) is 7.02. The Hall–Kier alpha value is -3.19. The molecule has 0 bridgehead atoms. The summed E-state index contributed by atoms with van der Waals surface area (Å²) < 4.78 is 33.9. The minimum absolute atomic E-state index is 0.134. The van der Waals surface area contributed by atoms with E-state index in [1.54, 1.807) is 48.5 Å². The van der Waals surface area contributed by atoms with E-state index >= 15 is 0 Å². The average Bonchev–Trinajstić information content (AvgIpc) is 2.74. The molecule has 0 heterocycles. The van der Waals surface area contributed by atoms with E-state index in [1.165, 1.54) is 12.1 Å². The lowest BCUT2D eigenvalue weighted by Gasteiger charge is -2.19. The molecule has 0 unspecified atom stereocenters. The van der Waals surface area contributed by atoms with Crippen molar-refractivity contribution in [3.05, 3.63) is 101 Å². The van der Waals surface area contributed by atoms with Gasteiger partial charge in [0.2, 0.25) is 0 Å². The summed E-state index contributed by atoms with van der Waals surface area (Å²) in [5.41, 5.74) is 3.69.